The molecule has 0 aliphatic heterocycles. The van der Waals surface area contributed by atoms with Gasteiger partial charge in [0.05, 0.1) is 26.4 Å². The van der Waals surface area contributed by atoms with Crippen molar-refractivity contribution in [2.45, 2.75) is 212 Å². The maximum Gasteiger partial charge on any atom is 0.472 e. The lowest BCUT2D eigenvalue weighted by Crippen LogP contribution is -2.29. The summed E-state index contributed by atoms with van der Waals surface area (Å²) in [6.07, 6.45) is 33.4. The number of phosphoric acid groups is 1. The van der Waals surface area contributed by atoms with Crippen molar-refractivity contribution in [3.05, 3.63) is 0 Å². The lowest BCUT2D eigenvalue weighted by atomic mass is 10.0. The van der Waals surface area contributed by atoms with E-state index < -0.39 is 33.2 Å². The smallest absolute Gasteiger partial charge is 0.457 e. The summed E-state index contributed by atoms with van der Waals surface area (Å²) in [5, 5.41) is 18.3. The van der Waals surface area contributed by atoms with Gasteiger partial charge < -0.3 is 24.6 Å². The summed E-state index contributed by atoms with van der Waals surface area (Å²) in [6, 6.07) is 0. The molecule has 0 aliphatic carbocycles. The Morgan fingerprint density at radius 2 is 0.918 bits per heavy atom. The molecule has 0 saturated carbocycles. The number of aliphatic hydroxyl groups is 2. The number of carbonyl (C=O) groups excluding carboxylic acids is 1. The van der Waals surface area contributed by atoms with Gasteiger partial charge >= 0.3 is 13.8 Å². The topological polar surface area (TPSA) is 132 Å². The Labute approximate surface area is 301 Å². The van der Waals surface area contributed by atoms with E-state index in [1.165, 1.54) is 148 Å². The number of hydrogen-bond donors (Lipinski definition) is 3. The molecular formula is C39H79O9P. The van der Waals surface area contributed by atoms with Crippen molar-refractivity contribution < 1.29 is 43.0 Å². The molecule has 0 heterocycles. The first-order valence-electron chi connectivity index (χ1n) is 20.5. The normalized spacial score (nSPS) is 14.1. The number of hydrogen-bond acceptors (Lipinski definition) is 8. The van der Waals surface area contributed by atoms with E-state index >= 15 is 0 Å². The molecular weight excluding hydrogens is 643 g/mol. The average Bonchev–Trinajstić information content (AvgIpc) is 3.09. The van der Waals surface area contributed by atoms with Gasteiger partial charge in [0.2, 0.25) is 0 Å². The van der Waals surface area contributed by atoms with Gasteiger partial charge in [-0.3, -0.25) is 13.8 Å². The third-order valence-corrected chi connectivity index (χ3v) is 9.99. The van der Waals surface area contributed by atoms with E-state index in [1.54, 1.807) is 0 Å². The summed E-state index contributed by atoms with van der Waals surface area (Å²) < 4.78 is 33.3. The van der Waals surface area contributed by atoms with Gasteiger partial charge in [-0.05, 0) is 12.8 Å². The van der Waals surface area contributed by atoms with E-state index in [0.29, 0.717) is 6.61 Å². The fourth-order valence-electron chi connectivity index (χ4n) is 5.89. The van der Waals surface area contributed by atoms with E-state index in [9.17, 15) is 19.4 Å². The second-order valence-electron chi connectivity index (χ2n) is 14.0. The Kier molecular flexibility index (Phi) is 36.8. The molecule has 0 bridgehead atoms. The van der Waals surface area contributed by atoms with Crippen LogP contribution in [-0.2, 0) is 27.9 Å². The molecule has 10 heteroatoms. The molecule has 0 saturated heterocycles. The van der Waals surface area contributed by atoms with Crippen molar-refractivity contribution in [2.75, 3.05) is 33.0 Å². The van der Waals surface area contributed by atoms with Crippen molar-refractivity contribution in [3.63, 3.8) is 0 Å². The summed E-state index contributed by atoms with van der Waals surface area (Å²) in [5.74, 6) is -0.379. The van der Waals surface area contributed by atoms with Crippen molar-refractivity contribution in [2.24, 2.45) is 0 Å². The van der Waals surface area contributed by atoms with Crippen LogP contribution in [0.1, 0.15) is 200 Å². The highest BCUT2D eigenvalue weighted by Gasteiger charge is 2.26. The number of carbonyl (C=O) groups is 1. The number of esters is 1. The van der Waals surface area contributed by atoms with Crippen molar-refractivity contribution in [1.29, 1.82) is 0 Å². The lowest BCUT2D eigenvalue weighted by Gasteiger charge is -2.20. The van der Waals surface area contributed by atoms with Crippen LogP contribution in [0, 0.1) is 0 Å². The van der Waals surface area contributed by atoms with Crippen LogP contribution in [0.4, 0.5) is 0 Å². The minimum atomic E-state index is -4.50. The minimum Gasteiger partial charge on any atom is -0.457 e. The van der Waals surface area contributed by atoms with Gasteiger partial charge in [0, 0.05) is 13.0 Å². The minimum absolute atomic E-state index is 0.0577. The summed E-state index contributed by atoms with van der Waals surface area (Å²) in [7, 11) is -4.50. The molecule has 0 aromatic heterocycles. The highest BCUT2D eigenvalue weighted by molar-refractivity contribution is 7.47. The van der Waals surface area contributed by atoms with Crippen molar-refractivity contribution in [3.8, 4) is 0 Å². The van der Waals surface area contributed by atoms with E-state index in [-0.39, 0.29) is 25.6 Å². The summed E-state index contributed by atoms with van der Waals surface area (Å²) >= 11 is 0. The predicted octanol–water partition coefficient (Wildman–Crippen LogP) is 10.8. The Bertz CT molecular complexity index is 739. The van der Waals surface area contributed by atoms with Crippen molar-refractivity contribution in [1.82, 2.24) is 0 Å². The monoisotopic (exact) mass is 723 g/mol. The van der Waals surface area contributed by atoms with Gasteiger partial charge in [0.1, 0.15) is 12.2 Å². The number of unbranched alkanes of at least 4 members (excludes halogenated alkanes) is 26. The highest BCUT2D eigenvalue weighted by atomic mass is 31.2. The summed E-state index contributed by atoms with van der Waals surface area (Å²) in [4.78, 5) is 22.5. The number of aliphatic hydroxyl groups excluding tert-OH is 2. The van der Waals surface area contributed by atoms with Gasteiger partial charge in [-0.2, -0.15) is 0 Å². The van der Waals surface area contributed by atoms with Crippen LogP contribution < -0.4 is 0 Å². The van der Waals surface area contributed by atoms with E-state index in [2.05, 4.69) is 13.8 Å². The molecule has 0 rings (SSSR count). The maximum atomic E-state index is 12.5. The first kappa shape index (κ1) is 48.5. The molecule has 3 atom stereocenters. The first-order valence-corrected chi connectivity index (χ1v) is 22.0. The average molecular weight is 723 g/mol. The standard InChI is InChI=1S/C39H79O9P/c1-3-5-7-9-11-13-15-17-18-19-20-22-24-26-28-30-32-45-35-38(36-47-49(43,44)46-34-37(41)33-40)48-39(42)31-29-27-25-23-21-16-14-12-10-8-6-4-2/h37-38,40-41H,3-36H2,1-2H3,(H,43,44). The molecule has 0 fully saturated rings. The van der Waals surface area contributed by atoms with Crippen LogP contribution in [-0.4, -0.2) is 66.3 Å². The Hall–Kier alpha value is -0.540. The molecule has 3 N–H and O–H groups in total. The zero-order valence-corrected chi connectivity index (χ0v) is 32.8. The first-order chi connectivity index (χ1) is 23.8. The third kappa shape index (κ3) is 37.0. The highest BCUT2D eigenvalue weighted by Crippen LogP contribution is 2.43. The van der Waals surface area contributed by atoms with E-state index in [0.717, 1.165) is 32.1 Å². The predicted molar refractivity (Wildman–Crippen MR) is 201 cm³/mol. The fourth-order valence-corrected chi connectivity index (χ4v) is 6.68. The van der Waals surface area contributed by atoms with Gasteiger partial charge in [-0.25, -0.2) is 4.57 Å². The van der Waals surface area contributed by atoms with Crippen LogP contribution in [0.15, 0.2) is 0 Å². The van der Waals surface area contributed by atoms with E-state index in [4.69, 9.17) is 23.6 Å². The SMILES string of the molecule is CCCCCCCCCCCCCCCCCCOCC(COP(=O)(O)OCC(O)CO)OC(=O)CCCCCCCCCCCCCC. The molecule has 9 nitrogen and oxygen atoms in total. The maximum absolute atomic E-state index is 12.5. The molecule has 3 unspecified atom stereocenters. The Balaban J connectivity index is 4.14. The fraction of sp³-hybridized carbons (Fsp3) is 0.974. The van der Waals surface area contributed by atoms with Crippen LogP contribution in [0.2, 0.25) is 0 Å². The van der Waals surface area contributed by atoms with Crippen LogP contribution >= 0.6 is 7.82 Å². The van der Waals surface area contributed by atoms with Crippen LogP contribution in [0.3, 0.4) is 0 Å². The molecule has 0 aliphatic rings. The molecule has 49 heavy (non-hydrogen) atoms. The molecule has 0 amide bonds. The number of phosphoric ester groups is 1. The van der Waals surface area contributed by atoms with Crippen LogP contribution in [0.5, 0.6) is 0 Å². The van der Waals surface area contributed by atoms with E-state index in [1.807, 2.05) is 0 Å². The molecule has 0 radical (unpaired) electrons. The van der Waals surface area contributed by atoms with Gasteiger partial charge in [0.15, 0.2) is 0 Å². The summed E-state index contributed by atoms with van der Waals surface area (Å²) in [5.41, 5.74) is 0. The second kappa shape index (κ2) is 37.2. The number of ether oxygens (including phenoxy) is 2. The Morgan fingerprint density at radius 3 is 1.33 bits per heavy atom. The van der Waals surface area contributed by atoms with Crippen LogP contribution in [0.25, 0.3) is 0 Å². The van der Waals surface area contributed by atoms with Gasteiger partial charge in [0.25, 0.3) is 0 Å². The summed E-state index contributed by atoms with van der Waals surface area (Å²) in [6.45, 7) is 3.56. The molecule has 0 spiro atoms. The zero-order chi connectivity index (χ0) is 36.1. The zero-order valence-electron chi connectivity index (χ0n) is 31.9. The second-order valence-corrected chi connectivity index (χ2v) is 15.5. The van der Waals surface area contributed by atoms with Gasteiger partial charge in [-0.1, -0.05) is 181 Å². The van der Waals surface area contributed by atoms with Gasteiger partial charge in [-0.15, -0.1) is 0 Å². The Morgan fingerprint density at radius 1 is 0.551 bits per heavy atom. The van der Waals surface area contributed by atoms with Crippen molar-refractivity contribution >= 4 is 13.8 Å². The lowest BCUT2D eigenvalue weighted by molar-refractivity contribution is -0.154. The molecule has 0 aromatic carbocycles. The quantitative estimate of drug-likeness (QED) is 0.0321. The number of rotatable bonds is 40. The molecule has 294 valence electrons. The third-order valence-electron chi connectivity index (χ3n) is 9.04. The largest absolute Gasteiger partial charge is 0.472 e. The molecule has 0 aromatic rings.